The van der Waals surface area contributed by atoms with E-state index in [2.05, 4.69) is 49.0 Å². The van der Waals surface area contributed by atoms with E-state index in [1.807, 2.05) is 48.5 Å². The van der Waals surface area contributed by atoms with Gasteiger partial charge < -0.3 is 26.0 Å². The van der Waals surface area contributed by atoms with Crippen LogP contribution in [0.2, 0.25) is 0 Å². The molecule has 1 aromatic rings. The van der Waals surface area contributed by atoms with Crippen LogP contribution in [0, 0.1) is 29.6 Å². The third-order valence-electron chi connectivity index (χ3n) is 8.13. The van der Waals surface area contributed by atoms with Crippen LogP contribution < -0.4 is 21.3 Å². The van der Waals surface area contributed by atoms with E-state index in [0.717, 1.165) is 12.8 Å². The van der Waals surface area contributed by atoms with Gasteiger partial charge in [-0.2, -0.15) is 0 Å². The van der Waals surface area contributed by atoms with Gasteiger partial charge in [0.1, 0.15) is 6.04 Å². The van der Waals surface area contributed by atoms with E-state index in [4.69, 9.17) is 4.74 Å². The standard InChI is InChI=1S/C28H46N2O4.C13H24N2O3/c1-19(2)16-23(17-20(3)4)25(32)21-10-12-22(13-11-21)26(33)29-18-24(31)30-28(8,9)14-15-34-27(5,6)7;1-6-11(17)15-12(9(4)5)13(18)14-7-10(16)8(2)3/h10-13,19-20,23H,14-18H2,1-9H3,(H,29,33)(H,30,31);8-9,12H,6-7H2,1-5H3,(H,14,18)(H,15,17). The summed E-state index contributed by atoms with van der Waals surface area (Å²) < 4.78 is 5.74. The quantitative estimate of drug-likeness (QED) is 0.115. The fourth-order valence-electron chi connectivity index (χ4n) is 5.13. The van der Waals surface area contributed by atoms with Gasteiger partial charge in [0, 0.05) is 41.5 Å². The minimum atomic E-state index is -0.586. The van der Waals surface area contributed by atoms with Crippen LogP contribution in [0.4, 0.5) is 0 Å². The highest BCUT2D eigenvalue weighted by atomic mass is 16.5. The first-order chi connectivity index (χ1) is 23.9. The molecule has 296 valence electrons. The molecule has 11 nitrogen and oxygen atoms in total. The Hall–Kier alpha value is -3.60. The minimum Gasteiger partial charge on any atom is -0.376 e. The lowest BCUT2D eigenvalue weighted by molar-refractivity contribution is -0.131. The van der Waals surface area contributed by atoms with Crippen molar-refractivity contribution < 1.29 is 33.5 Å². The molecule has 0 saturated carbocycles. The molecule has 4 N–H and O–H groups in total. The van der Waals surface area contributed by atoms with Crippen LogP contribution in [-0.4, -0.2) is 72.1 Å². The summed E-state index contributed by atoms with van der Waals surface area (Å²) >= 11 is 0. The predicted molar refractivity (Wildman–Crippen MR) is 208 cm³/mol. The van der Waals surface area contributed by atoms with Crippen molar-refractivity contribution >= 4 is 35.2 Å². The smallest absolute Gasteiger partial charge is 0.251 e. The van der Waals surface area contributed by atoms with E-state index < -0.39 is 11.6 Å². The van der Waals surface area contributed by atoms with Crippen molar-refractivity contribution in [3.05, 3.63) is 35.4 Å². The molecule has 4 amide bonds. The Kier molecular flexibility index (Phi) is 21.5. The number of amides is 4. The molecule has 0 spiro atoms. The molecule has 0 bridgehead atoms. The monoisotopic (exact) mass is 731 g/mol. The molecule has 0 aromatic heterocycles. The van der Waals surface area contributed by atoms with Crippen LogP contribution in [0.5, 0.6) is 0 Å². The van der Waals surface area contributed by atoms with Gasteiger partial charge >= 0.3 is 0 Å². The molecule has 1 atom stereocenters. The minimum absolute atomic E-state index is 0.0134. The molecule has 52 heavy (non-hydrogen) atoms. The van der Waals surface area contributed by atoms with Crippen LogP contribution in [0.25, 0.3) is 0 Å². The van der Waals surface area contributed by atoms with Crippen LogP contribution in [0.15, 0.2) is 24.3 Å². The molecule has 0 saturated heterocycles. The topological polar surface area (TPSA) is 160 Å². The Morgan fingerprint density at radius 1 is 0.712 bits per heavy atom. The van der Waals surface area contributed by atoms with Gasteiger partial charge in [-0.3, -0.25) is 28.8 Å². The van der Waals surface area contributed by atoms with Crippen LogP contribution in [-0.2, 0) is 23.9 Å². The Morgan fingerprint density at radius 3 is 1.67 bits per heavy atom. The van der Waals surface area contributed by atoms with Crippen molar-refractivity contribution in [2.24, 2.45) is 29.6 Å². The highest BCUT2D eigenvalue weighted by Gasteiger charge is 2.25. The average molecular weight is 731 g/mol. The Bertz CT molecular complexity index is 1280. The molecule has 1 unspecified atom stereocenters. The van der Waals surface area contributed by atoms with Crippen molar-refractivity contribution in [3.63, 3.8) is 0 Å². The zero-order valence-electron chi connectivity index (χ0n) is 34.6. The van der Waals surface area contributed by atoms with Gasteiger partial charge in [0.05, 0.1) is 18.7 Å². The molecule has 0 heterocycles. The second-order valence-electron chi connectivity index (χ2n) is 16.7. The maximum Gasteiger partial charge on any atom is 0.251 e. The maximum absolute atomic E-state index is 13.0. The van der Waals surface area contributed by atoms with Gasteiger partial charge in [0.2, 0.25) is 17.7 Å². The van der Waals surface area contributed by atoms with E-state index in [1.165, 1.54) is 0 Å². The number of Topliss-reactive ketones (excluding diaryl/α,β-unsaturated/α-hetero) is 2. The second kappa shape index (κ2) is 23.1. The molecule has 11 heteroatoms. The molecule has 0 aliphatic heterocycles. The van der Waals surface area contributed by atoms with E-state index in [-0.39, 0.29) is 71.6 Å². The Labute approximate surface area is 313 Å². The summed E-state index contributed by atoms with van der Waals surface area (Å²) in [5.74, 6) is -0.211. The number of carbonyl (C=O) groups excluding carboxylic acids is 6. The average Bonchev–Trinajstić information content (AvgIpc) is 3.02. The highest BCUT2D eigenvalue weighted by Crippen LogP contribution is 2.24. The lowest BCUT2D eigenvalue weighted by atomic mass is 9.84. The molecule has 0 aliphatic carbocycles. The molecule has 1 aromatic carbocycles. The van der Waals surface area contributed by atoms with Crippen molar-refractivity contribution in [2.75, 3.05) is 19.7 Å². The summed E-state index contributed by atoms with van der Waals surface area (Å²) in [6.07, 6.45) is 2.70. The van der Waals surface area contributed by atoms with Crippen molar-refractivity contribution in [2.45, 2.75) is 140 Å². The zero-order chi connectivity index (χ0) is 40.4. The van der Waals surface area contributed by atoms with Gasteiger partial charge in [0.25, 0.3) is 5.91 Å². The molecular weight excluding hydrogens is 660 g/mol. The first-order valence-electron chi connectivity index (χ1n) is 18.9. The third-order valence-corrected chi connectivity index (χ3v) is 8.13. The summed E-state index contributed by atoms with van der Waals surface area (Å²) in [5.41, 5.74) is 0.376. The summed E-state index contributed by atoms with van der Waals surface area (Å²) in [6.45, 7) is 27.8. The summed E-state index contributed by atoms with van der Waals surface area (Å²) in [5, 5.41) is 10.8. The van der Waals surface area contributed by atoms with Crippen LogP contribution in [0.3, 0.4) is 0 Å². The number of benzene rings is 1. The SMILES string of the molecule is CC(C)CC(CC(C)C)C(=O)c1ccc(C(=O)NCC(=O)NC(C)(C)CCOC(C)(C)C)cc1.CCC(=O)NC(C(=O)NCC(=O)C(C)C)C(C)C. The zero-order valence-corrected chi connectivity index (χ0v) is 34.6. The maximum atomic E-state index is 13.0. The van der Waals surface area contributed by atoms with Gasteiger partial charge in [-0.25, -0.2) is 0 Å². The van der Waals surface area contributed by atoms with Crippen molar-refractivity contribution in [1.29, 1.82) is 0 Å². The molecular formula is C41H70N4O7. The van der Waals surface area contributed by atoms with Gasteiger partial charge in [-0.15, -0.1) is 0 Å². The van der Waals surface area contributed by atoms with Crippen LogP contribution in [0.1, 0.15) is 143 Å². The normalized spacial score (nSPS) is 12.4. The molecule has 0 fully saturated rings. The fourth-order valence-corrected chi connectivity index (χ4v) is 5.13. The summed E-state index contributed by atoms with van der Waals surface area (Å²) in [6, 6.07) is 6.14. The molecule has 1 rings (SSSR count). The lowest BCUT2D eigenvalue weighted by Gasteiger charge is -2.28. The number of ketones is 2. The first-order valence-corrected chi connectivity index (χ1v) is 18.9. The number of rotatable bonds is 20. The van der Waals surface area contributed by atoms with Gasteiger partial charge in [-0.05, 0) is 83.8 Å². The number of ether oxygens (including phenoxy) is 1. The van der Waals surface area contributed by atoms with E-state index in [9.17, 15) is 28.8 Å². The number of carbonyl (C=O) groups is 6. The van der Waals surface area contributed by atoms with Gasteiger partial charge in [0.15, 0.2) is 11.6 Å². The molecule has 0 radical (unpaired) electrons. The Morgan fingerprint density at radius 2 is 1.23 bits per heavy atom. The van der Waals surface area contributed by atoms with E-state index in [1.54, 1.807) is 45.0 Å². The summed E-state index contributed by atoms with van der Waals surface area (Å²) in [4.78, 5) is 72.5. The van der Waals surface area contributed by atoms with Crippen molar-refractivity contribution in [1.82, 2.24) is 21.3 Å². The summed E-state index contributed by atoms with van der Waals surface area (Å²) in [7, 11) is 0. The number of hydrogen-bond acceptors (Lipinski definition) is 7. The largest absolute Gasteiger partial charge is 0.376 e. The van der Waals surface area contributed by atoms with Gasteiger partial charge in [-0.1, -0.05) is 74.4 Å². The van der Waals surface area contributed by atoms with Crippen LogP contribution >= 0.6 is 0 Å². The Balaban J connectivity index is 0.00000122. The lowest BCUT2D eigenvalue weighted by Crippen LogP contribution is -2.50. The fraction of sp³-hybridized carbons (Fsp3) is 0.707. The molecule has 0 aliphatic rings. The third kappa shape index (κ3) is 21.1. The first kappa shape index (κ1) is 48.4. The van der Waals surface area contributed by atoms with Crippen molar-refractivity contribution in [3.8, 4) is 0 Å². The second-order valence-corrected chi connectivity index (χ2v) is 16.7. The predicted octanol–water partition coefficient (Wildman–Crippen LogP) is 6.29. The number of hydrogen-bond donors (Lipinski definition) is 4. The number of nitrogens with one attached hydrogen (secondary N) is 4. The highest BCUT2D eigenvalue weighted by molar-refractivity contribution is 6.00. The van der Waals surface area contributed by atoms with E-state index >= 15 is 0 Å². The van der Waals surface area contributed by atoms with E-state index in [0.29, 0.717) is 42.4 Å².